The number of rotatable bonds is 6. The zero-order valence-electron chi connectivity index (χ0n) is 11.2. The van der Waals surface area contributed by atoms with Gasteiger partial charge in [-0.05, 0) is 18.1 Å². The van der Waals surface area contributed by atoms with Crippen molar-refractivity contribution >= 4 is 5.97 Å². The van der Waals surface area contributed by atoms with Gasteiger partial charge in [0.1, 0.15) is 0 Å². The van der Waals surface area contributed by atoms with E-state index in [-0.39, 0.29) is 5.97 Å². The van der Waals surface area contributed by atoms with Crippen LogP contribution in [0.3, 0.4) is 0 Å². The van der Waals surface area contributed by atoms with Gasteiger partial charge in [-0.1, -0.05) is 43.7 Å². The van der Waals surface area contributed by atoms with Gasteiger partial charge in [0, 0.05) is 18.9 Å². The van der Waals surface area contributed by atoms with E-state index < -0.39 is 0 Å². The summed E-state index contributed by atoms with van der Waals surface area (Å²) in [5, 5.41) is 0. The first-order chi connectivity index (χ1) is 9.29. The lowest BCUT2D eigenvalue weighted by Gasteiger charge is -2.03. The smallest absolute Gasteiger partial charge is 0.339 e. The molecule has 0 fully saturated rings. The molecule has 19 heavy (non-hydrogen) atoms. The fraction of sp³-hybridized carbons (Fsp3) is 0.312. The summed E-state index contributed by atoms with van der Waals surface area (Å²) in [6.07, 6.45) is 5.68. The summed E-state index contributed by atoms with van der Waals surface area (Å²) in [5.41, 5.74) is 1.83. The molecule has 1 aromatic carbocycles. The maximum atomic E-state index is 11.7. The molecule has 0 amide bonds. The third-order valence-electron chi connectivity index (χ3n) is 2.93. The number of hydrogen-bond acceptors (Lipinski definition) is 2. The standard InChI is InChI=1S/C16H19NO2/c1-2-3-11-19-16(18)15-9-10-17(13-15)12-14-7-5-4-6-8-14/h4-10,13H,2-3,11-12H2,1H3. The molecule has 100 valence electrons. The number of esters is 1. The predicted octanol–water partition coefficient (Wildman–Crippen LogP) is 3.49. The van der Waals surface area contributed by atoms with Crippen LogP contribution in [0.4, 0.5) is 0 Å². The molecule has 3 nitrogen and oxygen atoms in total. The average Bonchev–Trinajstić information content (AvgIpc) is 2.89. The van der Waals surface area contributed by atoms with Gasteiger partial charge in [-0.3, -0.25) is 0 Å². The number of carbonyl (C=O) groups is 1. The van der Waals surface area contributed by atoms with Gasteiger partial charge in [0.25, 0.3) is 0 Å². The number of benzene rings is 1. The number of unbranched alkanes of at least 4 members (excludes halogenated alkanes) is 1. The number of aromatic nitrogens is 1. The van der Waals surface area contributed by atoms with Crippen LogP contribution in [0.5, 0.6) is 0 Å². The molecule has 0 saturated carbocycles. The molecule has 1 aromatic heterocycles. The highest BCUT2D eigenvalue weighted by molar-refractivity contribution is 5.89. The minimum absolute atomic E-state index is 0.236. The second kappa shape index (κ2) is 6.78. The monoisotopic (exact) mass is 257 g/mol. The fourth-order valence-electron chi connectivity index (χ4n) is 1.85. The van der Waals surface area contributed by atoms with Crippen molar-refractivity contribution in [3.05, 3.63) is 59.9 Å². The highest BCUT2D eigenvalue weighted by Gasteiger charge is 2.08. The maximum Gasteiger partial charge on any atom is 0.339 e. The minimum atomic E-state index is -0.236. The van der Waals surface area contributed by atoms with Gasteiger partial charge in [0.05, 0.1) is 12.2 Å². The number of nitrogens with zero attached hydrogens (tertiary/aromatic N) is 1. The fourth-order valence-corrected chi connectivity index (χ4v) is 1.85. The van der Waals surface area contributed by atoms with Crippen LogP contribution in [0.1, 0.15) is 35.7 Å². The lowest BCUT2D eigenvalue weighted by Crippen LogP contribution is -2.05. The average molecular weight is 257 g/mol. The van der Waals surface area contributed by atoms with Gasteiger partial charge in [-0.2, -0.15) is 0 Å². The highest BCUT2D eigenvalue weighted by atomic mass is 16.5. The van der Waals surface area contributed by atoms with Crippen molar-refractivity contribution in [2.45, 2.75) is 26.3 Å². The van der Waals surface area contributed by atoms with Gasteiger partial charge in [-0.15, -0.1) is 0 Å². The molecule has 0 aliphatic carbocycles. The van der Waals surface area contributed by atoms with Crippen molar-refractivity contribution in [3.8, 4) is 0 Å². The van der Waals surface area contributed by atoms with Crippen molar-refractivity contribution in [1.82, 2.24) is 4.57 Å². The summed E-state index contributed by atoms with van der Waals surface area (Å²) in [4.78, 5) is 11.7. The molecule has 0 radical (unpaired) electrons. The van der Waals surface area contributed by atoms with Crippen molar-refractivity contribution in [3.63, 3.8) is 0 Å². The van der Waals surface area contributed by atoms with E-state index in [1.165, 1.54) is 5.56 Å². The summed E-state index contributed by atoms with van der Waals surface area (Å²) in [7, 11) is 0. The first-order valence-corrected chi connectivity index (χ1v) is 6.66. The van der Waals surface area contributed by atoms with Crippen molar-refractivity contribution in [2.24, 2.45) is 0 Å². The van der Waals surface area contributed by atoms with Gasteiger partial charge >= 0.3 is 5.97 Å². The molecule has 0 aliphatic rings. The van der Waals surface area contributed by atoms with E-state index in [2.05, 4.69) is 19.1 Å². The van der Waals surface area contributed by atoms with E-state index in [1.54, 1.807) is 6.07 Å². The van der Waals surface area contributed by atoms with E-state index in [4.69, 9.17) is 4.74 Å². The van der Waals surface area contributed by atoms with E-state index in [1.807, 2.05) is 35.2 Å². The zero-order valence-corrected chi connectivity index (χ0v) is 11.2. The minimum Gasteiger partial charge on any atom is -0.462 e. The molecule has 2 rings (SSSR count). The molecular weight excluding hydrogens is 238 g/mol. The third kappa shape index (κ3) is 3.98. The van der Waals surface area contributed by atoms with Crippen LogP contribution < -0.4 is 0 Å². The predicted molar refractivity (Wildman–Crippen MR) is 75.2 cm³/mol. The van der Waals surface area contributed by atoms with Gasteiger partial charge in [0.15, 0.2) is 0 Å². The van der Waals surface area contributed by atoms with Crippen molar-refractivity contribution < 1.29 is 9.53 Å². The molecule has 0 N–H and O–H groups in total. The Morgan fingerprint density at radius 1 is 1.21 bits per heavy atom. The Morgan fingerprint density at radius 2 is 2.00 bits per heavy atom. The van der Waals surface area contributed by atoms with Crippen LogP contribution in [0.15, 0.2) is 48.8 Å². The van der Waals surface area contributed by atoms with Gasteiger partial charge < -0.3 is 9.30 Å². The first-order valence-electron chi connectivity index (χ1n) is 6.66. The van der Waals surface area contributed by atoms with Crippen LogP contribution >= 0.6 is 0 Å². The molecule has 0 aliphatic heterocycles. The third-order valence-corrected chi connectivity index (χ3v) is 2.93. The normalized spacial score (nSPS) is 10.4. The van der Waals surface area contributed by atoms with E-state index in [0.717, 1.165) is 19.4 Å². The zero-order chi connectivity index (χ0) is 13.5. The Hall–Kier alpha value is -2.03. The summed E-state index contributed by atoms with van der Waals surface area (Å²) in [6, 6.07) is 12.0. The number of carbonyl (C=O) groups excluding carboxylic acids is 1. The Labute approximate surface area is 113 Å². The first kappa shape index (κ1) is 13.4. The quantitative estimate of drug-likeness (QED) is 0.586. The maximum absolute atomic E-state index is 11.7. The topological polar surface area (TPSA) is 31.2 Å². The molecule has 2 aromatic rings. The lowest BCUT2D eigenvalue weighted by molar-refractivity contribution is 0.0499. The Kier molecular flexibility index (Phi) is 4.78. The van der Waals surface area contributed by atoms with Crippen LogP contribution in [0.2, 0.25) is 0 Å². The number of ether oxygens (including phenoxy) is 1. The summed E-state index contributed by atoms with van der Waals surface area (Å²) in [5.74, 6) is -0.236. The molecule has 0 bridgehead atoms. The second-order valence-electron chi connectivity index (χ2n) is 4.55. The molecule has 1 heterocycles. The Morgan fingerprint density at radius 3 is 2.74 bits per heavy atom. The van der Waals surface area contributed by atoms with Gasteiger partial charge in [0.2, 0.25) is 0 Å². The van der Waals surface area contributed by atoms with Gasteiger partial charge in [-0.25, -0.2) is 4.79 Å². The van der Waals surface area contributed by atoms with E-state index in [9.17, 15) is 4.79 Å². The summed E-state index contributed by atoms with van der Waals surface area (Å²) >= 11 is 0. The largest absolute Gasteiger partial charge is 0.462 e. The molecule has 0 spiro atoms. The SMILES string of the molecule is CCCCOC(=O)c1ccn(Cc2ccccc2)c1. The van der Waals surface area contributed by atoms with Crippen LogP contribution in [0, 0.1) is 0 Å². The molecule has 0 unspecified atom stereocenters. The molecule has 0 atom stereocenters. The molecule has 3 heteroatoms. The number of hydrogen-bond donors (Lipinski definition) is 0. The summed E-state index contributed by atoms with van der Waals surface area (Å²) < 4.78 is 7.17. The van der Waals surface area contributed by atoms with Crippen LogP contribution in [-0.4, -0.2) is 17.1 Å². The van der Waals surface area contributed by atoms with Crippen molar-refractivity contribution in [2.75, 3.05) is 6.61 Å². The van der Waals surface area contributed by atoms with Crippen LogP contribution in [-0.2, 0) is 11.3 Å². The highest BCUT2D eigenvalue weighted by Crippen LogP contribution is 2.08. The molecule has 0 saturated heterocycles. The van der Waals surface area contributed by atoms with E-state index in [0.29, 0.717) is 12.2 Å². The Balaban J connectivity index is 1.93. The van der Waals surface area contributed by atoms with Crippen LogP contribution in [0.25, 0.3) is 0 Å². The lowest BCUT2D eigenvalue weighted by atomic mass is 10.2. The van der Waals surface area contributed by atoms with Crippen molar-refractivity contribution in [1.29, 1.82) is 0 Å². The summed E-state index contributed by atoms with van der Waals surface area (Å²) in [6.45, 7) is 3.34. The molecular formula is C16H19NO2. The van der Waals surface area contributed by atoms with E-state index >= 15 is 0 Å². The Bertz CT molecular complexity index is 517. The second-order valence-corrected chi connectivity index (χ2v) is 4.55.